The molecule has 2 N–H and O–H groups in total. The van der Waals surface area contributed by atoms with Crippen LogP contribution in [0.4, 0.5) is 15.8 Å². The molecule has 1 aliphatic heterocycles. The van der Waals surface area contributed by atoms with Crippen LogP contribution in [0.5, 0.6) is 0 Å². The molecule has 3 amide bonds. The summed E-state index contributed by atoms with van der Waals surface area (Å²) in [6.45, 7) is 1.04. The topological polar surface area (TPSA) is 78.5 Å². The number of carbonyl (C=O) groups excluding carboxylic acids is 3. The molecule has 8 heteroatoms. The normalized spacial score (nSPS) is 12.7. The van der Waals surface area contributed by atoms with Crippen molar-refractivity contribution < 1.29 is 18.8 Å². The Morgan fingerprint density at radius 2 is 1.82 bits per heavy atom. The van der Waals surface area contributed by atoms with Crippen molar-refractivity contribution in [3.63, 3.8) is 0 Å². The Balaban J connectivity index is 1.38. The van der Waals surface area contributed by atoms with Crippen LogP contribution in [0.15, 0.2) is 59.3 Å². The van der Waals surface area contributed by atoms with Gasteiger partial charge in [-0.3, -0.25) is 14.4 Å². The van der Waals surface area contributed by atoms with E-state index in [1.807, 2.05) is 23.6 Å². The zero-order chi connectivity index (χ0) is 23.2. The minimum Gasteiger partial charge on any atom is -0.352 e. The molecular formula is C25H24FN3O3S. The number of hydrogen-bond donors (Lipinski definition) is 2. The molecule has 0 fully saturated rings. The van der Waals surface area contributed by atoms with Gasteiger partial charge in [0.25, 0.3) is 11.8 Å². The second kappa shape index (κ2) is 10.4. The van der Waals surface area contributed by atoms with Crippen molar-refractivity contribution in [2.75, 3.05) is 23.3 Å². The third-order valence-corrected chi connectivity index (χ3v) is 6.23. The van der Waals surface area contributed by atoms with Crippen LogP contribution in [0.2, 0.25) is 0 Å². The first kappa shape index (κ1) is 22.7. The average Bonchev–Trinajstić information content (AvgIpc) is 3.37. The Morgan fingerprint density at radius 3 is 2.58 bits per heavy atom. The number of anilines is 2. The Kier molecular flexibility index (Phi) is 7.14. The molecule has 170 valence electrons. The van der Waals surface area contributed by atoms with Crippen molar-refractivity contribution in [1.82, 2.24) is 5.32 Å². The smallest absolute Gasteiger partial charge is 0.255 e. The number of nitrogens with one attached hydrogen (secondary N) is 2. The van der Waals surface area contributed by atoms with Gasteiger partial charge in [0.1, 0.15) is 5.82 Å². The number of carbonyl (C=O) groups is 3. The number of amides is 3. The van der Waals surface area contributed by atoms with Crippen LogP contribution in [0.3, 0.4) is 0 Å². The molecule has 33 heavy (non-hydrogen) atoms. The molecule has 0 spiro atoms. The van der Waals surface area contributed by atoms with E-state index in [9.17, 15) is 18.8 Å². The minimum absolute atomic E-state index is 0.0113. The summed E-state index contributed by atoms with van der Waals surface area (Å²) >= 11 is 1.47. The molecule has 0 saturated carbocycles. The van der Waals surface area contributed by atoms with E-state index in [-0.39, 0.29) is 17.7 Å². The van der Waals surface area contributed by atoms with E-state index in [0.29, 0.717) is 42.7 Å². The fraction of sp³-hybridized carbons (Fsp3) is 0.240. The van der Waals surface area contributed by atoms with Crippen LogP contribution in [-0.2, 0) is 11.2 Å². The summed E-state index contributed by atoms with van der Waals surface area (Å²) in [6.07, 6.45) is 2.39. The number of rotatable bonds is 7. The highest BCUT2D eigenvalue weighted by atomic mass is 32.1. The summed E-state index contributed by atoms with van der Waals surface area (Å²) in [6, 6.07) is 12.7. The first-order valence-electron chi connectivity index (χ1n) is 10.8. The summed E-state index contributed by atoms with van der Waals surface area (Å²) in [7, 11) is 0. The highest BCUT2D eigenvalue weighted by molar-refractivity contribution is 7.08. The lowest BCUT2D eigenvalue weighted by Crippen LogP contribution is -2.36. The standard InChI is InChI=1S/C25H24FN3O3S/c26-19-10-8-17(9-11-19)25(32)28-21-5-1-6-22-20(21)4-3-14-29(22)23(30)7-2-13-27-24(31)18-12-15-33-16-18/h1,5-6,8-12,15-16H,2-4,7,13-14H2,(H,27,31)(H,28,32). The van der Waals surface area contributed by atoms with Gasteiger partial charge in [0.05, 0.1) is 0 Å². The molecule has 0 unspecified atom stereocenters. The van der Waals surface area contributed by atoms with E-state index >= 15 is 0 Å². The second-order valence-corrected chi connectivity index (χ2v) is 8.56. The minimum atomic E-state index is -0.399. The first-order chi connectivity index (χ1) is 16.0. The SMILES string of the molecule is O=C(NCCCC(=O)N1CCCc2c(NC(=O)c3ccc(F)cc3)cccc21)c1ccsc1. The van der Waals surface area contributed by atoms with Crippen molar-refractivity contribution in [2.24, 2.45) is 0 Å². The Hall–Kier alpha value is -3.52. The van der Waals surface area contributed by atoms with Gasteiger partial charge in [0.2, 0.25) is 5.91 Å². The highest BCUT2D eigenvalue weighted by Gasteiger charge is 2.24. The Bertz CT molecular complexity index is 1150. The van der Waals surface area contributed by atoms with Crippen LogP contribution in [0, 0.1) is 5.82 Å². The fourth-order valence-corrected chi connectivity index (χ4v) is 4.50. The van der Waals surface area contributed by atoms with Crippen LogP contribution in [0.25, 0.3) is 0 Å². The zero-order valence-electron chi connectivity index (χ0n) is 18.0. The van der Waals surface area contributed by atoms with Crippen molar-refractivity contribution in [1.29, 1.82) is 0 Å². The van der Waals surface area contributed by atoms with E-state index < -0.39 is 5.82 Å². The Labute approximate surface area is 195 Å². The third-order valence-electron chi connectivity index (χ3n) is 5.54. The molecule has 2 aromatic carbocycles. The van der Waals surface area contributed by atoms with Gasteiger partial charge in [-0.2, -0.15) is 11.3 Å². The van der Waals surface area contributed by atoms with Crippen molar-refractivity contribution in [2.45, 2.75) is 25.7 Å². The maximum absolute atomic E-state index is 13.1. The molecule has 0 radical (unpaired) electrons. The molecule has 2 heterocycles. The third kappa shape index (κ3) is 5.46. The molecule has 0 saturated heterocycles. The maximum atomic E-state index is 13.1. The number of thiophene rings is 1. The number of benzene rings is 2. The van der Waals surface area contributed by atoms with E-state index in [2.05, 4.69) is 10.6 Å². The first-order valence-corrected chi connectivity index (χ1v) is 11.8. The molecule has 0 aliphatic carbocycles. The predicted molar refractivity (Wildman–Crippen MR) is 127 cm³/mol. The molecule has 4 rings (SSSR count). The van der Waals surface area contributed by atoms with Gasteiger partial charge >= 0.3 is 0 Å². The molecule has 3 aromatic rings. The average molecular weight is 466 g/mol. The zero-order valence-corrected chi connectivity index (χ0v) is 18.8. The van der Waals surface area contributed by atoms with Crippen LogP contribution in [-0.4, -0.2) is 30.8 Å². The Morgan fingerprint density at radius 1 is 1.00 bits per heavy atom. The van der Waals surface area contributed by atoms with Gasteiger partial charge in [0.15, 0.2) is 0 Å². The number of hydrogen-bond acceptors (Lipinski definition) is 4. The molecular weight excluding hydrogens is 441 g/mol. The fourth-order valence-electron chi connectivity index (χ4n) is 3.87. The lowest BCUT2D eigenvalue weighted by molar-refractivity contribution is -0.118. The maximum Gasteiger partial charge on any atom is 0.255 e. The summed E-state index contributed by atoms with van der Waals surface area (Å²) in [4.78, 5) is 39.3. The summed E-state index contributed by atoms with van der Waals surface area (Å²) < 4.78 is 13.1. The van der Waals surface area contributed by atoms with Gasteiger partial charge in [-0.05, 0) is 72.7 Å². The lowest BCUT2D eigenvalue weighted by atomic mass is 9.98. The van der Waals surface area contributed by atoms with E-state index in [4.69, 9.17) is 0 Å². The van der Waals surface area contributed by atoms with E-state index in [0.717, 1.165) is 24.1 Å². The van der Waals surface area contributed by atoms with E-state index in [1.54, 1.807) is 16.3 Å². The van der Waals surface area contributed by atoms with Crippen molar-refractivity contribution in [3.05, 3.63) is 81.8 Å². The van der Waals surface area contributed by atoms with Gasteiger partial charge in [-0.15, -0.1) is 0 Å². The number of halogens is 1. The van der Waals surface area contributed by atoms with Crippen molar-refractivity contribution >= 4 is 40.4 Å². The summed E-state index contributed by atoms with van der Waals surface area (Å²) in [5, 5.41) is 9.37. The lowest BCUT2D eigenvalue weighted by Gasteiger charge is -2.31. The van der Waals surface area contributed by atoms with Crippen LogP contribution >= 0.6 is 11.3 Å². The van der Waals surface area contributed by atoms with Crippen LogP contribution < -0.4 is 15.5 Å². The van der Waals surface area contributed by atoms with Gasteiger partial charge in [0, 0.05) is 47.4 Å². The number of nitrogens with zero attached hydrogens (tertiary/aromatic N) is 1. The molecule has 6 nitrogen and oxygen atoms in total. The van der Waals surface area contributed by atoms with Gasteiger partial charge < -0.3 is 15.5 Å². The van der Waals surface area contributed by atoms with Gasteiger partial charge in [-0.1, -0.05) is 6.07 Å². The quantitative estimate of drug-likeness (QED) is 0.500. The summed E-state index contributed by atoms with van der Waals surface area (Å²) in [5.41, 5.74) is 3.36. The highest BCUT2D eigenvalue weighted by Crippen LogP contribution is 2.33. The summed E-state index contributed by atoms with van der Waals surface area (Å²) in [5.74, 6) is -0.867. The molecule has 0 atom stereocenters. The molecule has 0 bridgehead atoms. The van der Waals surface area contributed by atoms with E-state index in [1.165, 1.54) is 35.6 Å². The molecule has 1 aromatic heterocycles. The predicted octanol–water partition coefficient (Wildman–Crippen LogP) is 4.63. The molecule has 1 aliphatic rings. The van der Waals surface area contributed by atoms with Gasteiger partial charge in [-0.25, -0.2) is 4.39 Å². The number of fused-ring (bicyclic) bond motifs is 1. The van der Waals surface area contributed by atoms with Crippen LogP contribution in [0.1, 0.15) is 45.5 Å². The monoisotopic (exact) mass is 465 g/mol. The van der Waals surface area contributed by atoms with Crippen molar-refractivity contribution in [3.8, 4) is 0 Å². The largest absolute Gasteiger partial charge is 0.352 e. The second-order valence-electron chi connectivity index (χ2n) is 7.78.